The number of hydrogen-bond acceptors (Lipinski definition) is 4. The maximum atomic E-state index is 11.9. The molecule has 0 spiro atoms. The Morgan fingerprint density at radius 2 is 2.09 bits per heavy atom. The van der Waals surface area contributed by atoms with E-state index in [1.54, 1.807) is 6.20 Å². The number of aliphatic hydroxyl groups is 1. The second-order valence-electron chi connectivity index (χ2n) is 6.89. The molecule has 0 aliphatic rings. The molecule has 1 heterocycles. The summed E-state index contributed by atoms with van der Waals surface area (Å²) in [5.41, 5.74) is 1.03. The number of rotatable bonds is 6. The van der Waals surface area contributed by atoms with Crippen LogP contribution in [0, 0.1) is 5.41 Å². The third kappa shape index (κ3) is 6.76. The average molecular weight is 308 g/mol. The monoisotopic (exact) mass is 308 g/mol. The summed E-state index contributed by atoms with van der Waals surface area (Å²) in [6.45, 7) is 6.59. The lowest BCUT2D eigenvalue weighted by molar-refractivity contribution is 0.190. The highest BCUT2D eigenvalue weighted by Crippen LogP contribution is 2.20. The quantitative estimate of drug-likeness (QED) is 0.748. The maximum absolute atomic E-state index is 11.9. The second kappa shape index (κ2) is 7.98. The highest BCUT2D eigenvalue weighted by molar-refractivity contribution is 5.74. The van der Waals surface area contributed by atoms with Gasteiger partial charge in [-0.05, 0) is 29.5 Å². The van der Waals surface area contributed by atoms with E-state index in [9.17, 15) is 9.90 Å². The zero-order chi connectivity index (χ0) is 16.8. The molecule has 6 nitrogen and oxygen atoms in total. The number of hydrogen-bond donors (Lipinski definition) is 3. The smallest absolute Gasteiger partial charge is 0.315 e. The van der Waals surface area contributed by atoms with Crippen molar-refractivity contribution in [3.8, 4) is 0 Å². The van der Waals surface area contributed by atoms with Gasteiger partial charge in [-0.1, -0.05) is 20.8 Å². The molecule has 0 aromatic carbocycles. The number of aromatic nitrogens is 1. The molecule has 1 aromatic heterocycles. The molecule has 0 radical (unpaired) electrons. The lowest BCUT2D eigenvalue weighted by Gasteiger charge is -2.25. The van der Waals surface area contributed by atoms with E-state index in [0.717, 1.165) is 17.8 Å². The van der Waals surface area contributed by atoms with E-state index in [0.29, 0.717) is 6.54 Å². The second-order valence-corrected chi connectivity index (χ2v) is 6.89. The summed E-state index contributed by atoms with van der Waals surface area (Å²) in [7, 11) is 3.84. The van der Waals surface area contributed by atoms with E-state index < -0.39 is 0 Å². The van der Waals surface area contributed by atoms with Crippen LogP contribution in [0.4, 0.5) is 10.6 Å². The molecule has 0 bridgehead atoms. The van der Waals surface area contributed by atoms with Crippen molar-refractivity contribution in [1.29, 1.82) is 0 Å². The number of carbonyl (C=O) groups excluding carboxylic acids is 1. The summed E-state index contributed by atoms with van der Waals surface area (Å²) in [5, 5.41) is 15.0. The van der Waals surface area contributed by atoms with Gasteiger partial charge in [-0.25, -0.2) is 9.78 Å². The van der Waals surface area contributed by atoms with Gasteiger partial charge < -0.3 is 20.6 Å². The first-order valence-electron chi connectivity index (χ1n) is 7.49. The number of carbonyl (C=O) groups is 1. The molecule has 0 aliphatic carbocycles. The highest BCUT2D eigenvalue weighted by Gasteiger charge is 2.19. The summed E-state index contributed by atoms with van der Waals surface area (Å²) in [5.74, 6) is 0.848. The molecule has 124 valence electrons. The lowest BCUT2D eigenvalue weighted by atomic mass is 9.88. The van der Waals surface area contributed by atoms with Crippen LogP contribution >= 0.6 is 0 Å². The van der Waals surface area contributed by atoms with E-state index in [-0.39, 0.29) is 24.1 Å². The molecule has 2 amide bonds. The topological polar surface area (TPSA) is 77.5 Å². The average Bonchev–Trinajstić information content (AvgIpc) is 2.43. The molecule has 1 rings (SSSR count). The van der Waals surface area contributed by atoms with Gasteiger partial charge in [0.05, 0.1) is 12.6 Å². The molecule has 0 saturated heterocycles. The molecule has 1 aromatic rings. The van der Waals surface area contributed by atoms with Gasteiger partial charge in [-0.3, -0.25) is 0 Å². The zero-order valence-electron chi connectivity index (χ0n) is 14.2. The SMILES string of the molecule is CN(C)c1cc(CNC(=O)NC(CO)CC(C)(C)C)ccn1. The Labute approximate surface area is 132 Å². The molecule has 0 fully saturated rings. The van der Waals surface area contributed by atoms with Crippen LogP contribution in [0.15, 0.2) is 18.3 Å². The normalized spacial score (nSPS) is 12.6. The third-order valence-electron chi connectivity index (χ3n) is 3.14. The molecule has 22 heavy (non-hydrogen) atoms. The van der Waals surface area contributed by atoms with Crippen LogP contribution in [-0.2, 0) is 6.54 Å². The van der Waals surface area contributed by atoms with Crippen LogP contribution in [0.5, 0.6) is 0 Å². The van der Waals surface area contributed by atoms with Gasteiger partial charge in [0.1, 0.15) is 5.82 Å². The minimum atomic E-state index is -0.272. The maximum Gasteiger partial charge on any atom is 0.315 e. The zero-order valence-corrected chi connectivity index (χ0v) is 14.2. The molecular weight excluding hydrogens is 280 g/mol. The van der Waals surface area contributed by atoms with E-state index in [4.69, 9.17) is 0 Å². The fourth-order valence-corrected chi connectivity index (χ4v) is 2.13. The van der Waals surface area contributed by atoms with E-state index in [2.05, 4.69) is 36.4 Å². The predicted molar refractivity (Wildman–Crippen MR) is 88.9 cm³/mol. The van der Waals surface area contributed by atoms with Gasteiger partial charge in [0.25, 0.3) is 0 Å². The third-order valence-corrected chi connectivity index (χ3v) is 3.14. The molecular formula is C16H28N4O2. The first kappa shape index (κ1) is 18.2. The Kier molecular flexibility index (Phi) is 6.61. The lowest BCUT2D eigenvalue weighted by Crippen LogP contribution is -2.45. The molecule has 1 atom stereocenters. The number of amides is 2. The van der Waals surface area contributed by atoms with Gasteiger partial charge >= 0.3 is 6.03 Å². The number of aliphatic hydroxyl groups excluding tert-OH is 1. The number of nitrogens with one attached hydrogen (secondary N) is 2. The Bertz CT molecular complexity index is 483. The van der Waals surface area contributed by atoms with Crippen LogP contribution in [0.2, 0.25) is 0 Å². The van der Waals surface area contributed by atoms with Crippen molar-refractivity contribution in [3.05, 3.63) is 23.9 Å². The summed E-state index contributed by atoms with van der Waals surface area (Å²) < 4.78 is 0. The van der Waals surface area contributed by atoms with Gasteiger partial charge in [0, 0.05) is 26.8 Å². The van der Waals surface area contributed by atoms with Gasteiger partial charge in [-0.2, -0.15) is 0 Å². The standard InChI is InChI=1S/C16H28N4O2/c1-16(2,3)9-13(11-21)19-15(22)18-10-12-6-7-17-14(8-12)20(4)5/h6-8,13,21H,9-11H2,1-5H3,(H2,18,19,22). The van der Waals surface area contributed by atoms with E-state index in [1.807, 2.05) is 31.1 Å². The summed E-state index contributed by atoms with van der Waals surface area (Å²) >= 11 is 0. The number of pyridine rings is 1. The minimum absolute atomic E-state index is 0.0480. The van der Waals surface area contributed by atoms with Crippen molar-refractivity contribution in [2.24, 2.45) is 5.41 Å². The Morgan fingerprint density at radius 3 is 2.64 bits per heavy atom. The van der Waals surface area contributed by atoms with Gasteiger partial charge in [0.2, 0.25) is 0 Å². The van der Waals surface area contributed by atoms with Crippen molar-refractivity contribution in [3.63, 3.8) is 0 Å². The first-order valence-corrected chi connectivity index (χ1v) is 7.49. The van der Waals surface area contributed by atoms with Crippen molar-refractivity contribution < 1.29 is 9.90 Å². The van der Waals surface area contributed by atoms with Crippen LogP contribution in [0.1, 0.15) is 32.8 Å². The van der Waals surface area contributed by atoms with Crippen LogP contribution in [0.25, 0.3) is 0 Å². The first-order chi connectivity index (χ1) is 10.2. The largest absolute Gasteiger partial charge is 0.394 e. The van der Waals surface area contributed by atoms with Crippen molar-refractivity contribution in [1.82, 2.24) is 15.6 Å². The Hall–Kier alpha value is -1.82. The van der Waals surface area contributed by atoms with Gasteiger partial charge in [0.15, 0.2) is 0 Å². The summed E-state index contributed by atoms with van der Waals surface area (Å²) in [6, 6.07) is 3.28. The fourth-order valence-electron chi connectivity index (χ4n) is 2.13. The highest BCUT2D eigenvalue weighted by atomic mass is 16.3. The number of anilines is 1. The van der Waals surface area contributed by atoms with Crippen LogP contribution in [0.3, 0.4) is 0 Å². The summed E-state index contributed by atoms with van der Waals surface area (Å²) in [4.78, 5) is 18.1. The Balaban J connectivity index is 2.50. The predicted octanol–water partition coefficient (Wildman–Crippen LogP) is 1.74. The minimum Gasteiger partial charge on any atom is -0.394 e. The van der Waals surface area contributed by atoms with E-state index >= 15 is 0 Å². The van der Waals surface area contributed by atoms with Crippen LogP contribution in [-0.4, -0.2) is 42.9 Å². The van der Waals surface area contributed by atoms with Crippen LogP contribution < -0.4 is 15.5 Å². The fraction of sp³-hybridized carbons (Fsp3) is 0.625. The summed E-state index contributed by atoms with van der Waals surface area (Å²) in [6.07, 6.45) is 2.44. The van der Waals surface area contributed by atoms with Crippen molar-refractivity contribution in [2.45, 2.75) is 39.8 Å². The van der Waals surface area contributed by atoms with Crippen molar-refractivity contribution >= 4 is 11.8 Å². The number of nitrogens with zero attached hydrogens (tertiary/aromatic N) is 2. The molecule has 1 unspecified atom stereocenters. The number of urea groups is 1. The van der Waals surface area contributed by atoms with Crippen molar-refractivity contribution in [2.75, 3.05) is 25.6 Å². The van der Waals surface area contributed by atoms with E-state index in [1.165, 1.54) is 0 Å². The van der Waals surface area contributed by atoms with Gasteiger partial charge in [-0.15, -0.1) is 0 Å². The molecule has 0 aliphatic heterocycles. The Morgan fingerprint density at radius 1 is 1.41 bits per heavy atom. The molecule has 0 saturated carbocycles. The molecule has 6 heteroatoms. The molecule has 3 N–H and O–H groups in total.